The second-order valence-electron chi connectivity index (χ2n) is 6.95. The standard InChI is InChI=1S/C22H28N4O3/c1-16(13-22(27)25-19-10-9-17(28-2)14-21(19)29-3)23-11-6-12-26-15-24-18-7-4-5-8-20(18)26/h4-5,7-10,14-16,23H,6,11-13H2,1-3H3,(H,25,27). The number of carbonyl (C=O) groups is 1. The number of anilines is 1. The Labute approximate surface area is 171 Å². The molecular formula is C22H28N4O3. The largest absolute Gasteiger partial charge is 0.497 e. The minimum atomic E-state index is -0.0610. The summed E-state index contributed by atoms with van der Waals surface area (Å²) in [5, 5.41) is 6.32. The number of amides is 1. The summed E-state index contributed by atoms with van der Waals surface area (Å²) in [6.07, 6.45) is 3.21. The number of ether oxygens (including phenoxy) is 2. The monoisotopic (exact) mass is 396 g/mol. The van der Waals surface area contributed by atoms with Gasteiger partial charge in [-0.2, -0.15) is 0 Å². The Bertz CT molecular complexity index is 954. The van der Waals surface area contributed by atoms with Gasteiger partial charge in [0.15, 0.2) is 0 Å². The highest BCUT2D eigenvalue weighted by Gasteiger charge is 2.12. The lowest BCUT2D eigenvalue weighted by Crippen LogP contribution is -2.31. The number of aryl methyl sites for hydroxylation is 1. The molecule has 0 aliphatic carbocycles. The molecule has 1 amide bonds. The van der Waals surface area contributed by atoms with E-state index >= 15 is 0 Å². The number of rotatable bonds is 10. The first-order valence-electron chi connectivity index (χ1n) is 9.76. The van der Waals surface area contributed by atoms with Crippen molar-refractivity contribution in [1.82, 2.24) is 14.9 Å². The van der Waals surface area contributed by atoms with Crippen molar-refractivity contribution < 1.29 is 14.3 Å². The van der Waals surface area contributed by atoms with E-state index in [1.54, 1.807) is 32.4 Å². The third-order valence-corrected chi connectivity index (χ3v) is 4.77. The Morgan fingerprint density at radius 3 is 2.79 bits per heavy atom. The first-order valence-corrected chi connectivity index (χ1v) is 9.76. The predicted molar refractivity (Wildman–Crippen MR) is 115 cm³/mol. The number of carbonyl (C=O) groups excluding carboxylic acids is 1. The molecule has 3 aromatic rings. The van der Waals surface area contributed by atoms with Gasteiger partial charge < -0.3 is 24.7 Å². The Hall–Kier alpha value is -3.06. The van der Waals surface area contributed by atoms with Crippen LogP contribution >= 0.6 is 0 Å². The van der Waals surface area contributed by atoms with Gasteiger partial charge in [-0.3, -0.25) is 4.79 Å². The first kappa shape index (κ1) is 20.7. The normalized spacial score (nSPS) is 12.0. The van der Waals surface area contributed by atoms with E-state index in [9.17, 15) is 4.79 Å². The molecule has 3 rings (SSSR count). The molecule has 0 saturated carbocycles. The van der Waals surface area contributed by atoms with Gasteiger partial charge in [-0.25, -0.2) is 4.98 Å². The zero-order valence-corrected chi connectivity index (χ0v) is 17.1. The molecule has 0 radical (unpaired) electrons. The lowest BCUT2D eigenvalue weighted by molar-refractivity contribution is -0.116. The summed E-state index contributed by atoms with van der Waals surface area (Å²) in [4.78, 5) is 16.8. The number of hydrogen-bond donors (Lipinski definition) is 2. The van der Waals surface area contributed by atoms with E-state index in [1.807, 2.05) is 31.5 Å². The molecule has 1 atom stereocenters. The van der Waals surface area contributed by atoms with Crippen LogP contribution in [0, 0.1) is 0 Å². The maximum atomic E-state index is 12.4. The minimum absolute atomic E-state index is 0.0610. The molecule has 154 valence electrons. The van der Waals surface area contributed by atoms with Crippen molar-refractivity contribution >= 4 is 22.6 Å². The van der Waals surface area contributed by atoms with E-state index in [0.717, 1.165) is 30.5 Å². The van der Waals surface area contributed by atoms with Gasteiger partial charge in [-0.05, 0) is 44.2 Å². The maximum absolute atomic E-state index is 12.4. The number of nitrogens with zero attached hydrogens (tertiary/aromatic N) is 2. The highest BCUT2D eigenvalue weighted by Crippen LogP contribution is 2.29. The lowest BCUT2D eigenvalue weighted by Gasteiger charge is -2.15. The minimum Gasteiger partial charge on any atom is -0.497 e. The van der Waals surface area contributed by atoms with Gasteiger partial charge >= 0.3 is 0 Å². The first-order chi connectivity index (χ1) is 14.1. The molecular weight excluding hydrogens is 368 g/mol. The molecule has 0 spiro atoms. The quantitative estimate of drug-likeness (QED) is 0.513. The number of hydrogen-bond acceptors (Lipinski definition) is 5. The number of methoxy groups -OCH3 is 2. The van der Waals surface area contributed by atoms with E-state index in [0.29, 0.717) is 23.6 Å². The molecule has 0 bridgehead atoms. The van der Waals surface area contributed by atoms with Crippen LogP contribution in [-0.4, -0.2) is 42.3 Å². The summed E-state index contributed by atoms with van der Waals surface area (Å²) in [5.41, 5.74) is 2.80. The Morgan fingerprint density at radius 1 is 1.17 bits per heavy atom. The smallest absolute Gasteiger partial charge is 0.226 e. The van der Waals surface area contributed by atoms with E-state index in [4.69, 9.17) is 9.47 Å². The molecule has 2 aromatic carbocycles. The van der Waals surface area contributed by atoms with Crippen molar-refractivity contribution in [3.8, 4) is 11.5 Å². The highest BCUT2D eigenvalue weighted by atomic mass is 16.5. The topological polar surface area (TPSA) is 77.4 Å². The predicted octanol–water partition coefficient (Wildman–Crippen LogP) is 3.45. The second kappa shape index (κ2) is 9.93. The van der Waals surface area contributed by atoms with Gasteiger partial charge in [-0.15, -0.1) is 0 Å². The molecule has 29 heavy (non-hydrogen) atoms. The number of para-hydroxylation sites is 2. The van der Waals surface area contributed by atoms with Gasteiger partial charge in [0.1, 0.15) is 11.5 Å². The average Bonchev–Trinajstić information content (AvgIpc) is 3.14. The molecule has 7 nitrogen and oxygen atoms in total. The van der Waals surface area contributed by atoms with Crippen LogP contribution in [0.5, 0.6) is 11.5 Å². The van der Waals surface area contributed by atoms with Crippen LogP contribution in [0.25, 0.3) is 11.0 Å². The van der Waals surface area contributed by atoms with E-state index in [-0.39, 0.29) is 11.9 Å². The fraction of sp³-hybridized carbons (Fsp3) is 0.364. The maximum Gasteiger partial charge on any atom is 0.226 e. The summed E-state index contributed by atoms with van der Waals surface area (Å²) < 4.78 is 12.7. The van der Waals surface area contributed by atoms with Crippen molar-refractivity contribution in [1.29, 1.82) is 0 Å². The summed E-state index contributed by atoms with van der Waals surface area (Å²) >= 11 is 0. The summed E-state index contributed by atoms with van der Waals surface area (Å²) in [6, 6.07) is 13.5. The molecule has 0 aliphatic heterocycles. The molecule has 0 fully saturated rings. The van der Waals surface area contributed by atoms with E-state index in [2.05, 4.69) is 26.3 Å². The highest BCUT2D eigenvalue weighted by molar-refractivity contribution is 5.92. The van der Waals surface area contributed by atoms with Gasteiger partial charge in [0.2, 0.25) is 5.91 Å². The van der Waals surface area contributed by atoms with Crippen LogP contribution in [0.4, 0.5) is 5.69 Å². The van der Waals surface area contributed by atoms with Crippen molar-refractivity contribution in [3.05, 3.63) is 48.8 Å². The summed E-state index contributed by atoms with van der Waals surface area (Å²) in [6.45, 7) is 3.72. The van der Waals surface area contributed by atoms with Gasteiger partial charge in [0.25, 0.3) is 0 Å². The summed E-state index contributed by atoms with van der Waals surface area (Å²) in [7, 11) is 3.16. The molecule has 1 aromatic heterocycles. The molecule has 0 aliphatic rings. The van der Waals surface area contributed by atoms with E-state index < -0.39 is 0 Å². The van der Waals surface area contributed by atoms with Crippen LogP contribution < -0.4 is 20.1 Å². The van der Waals surface area contributed by atoms with Crippen LogP contribution in [0.1, 0.15) is 19.8 Å². The second-order valence-corrected chi connectivity index (χ2v) is 6.95. The van der Waals surface area contributed by atoms with Crippen molar-refractivity contribution in [2.45, 2.75) is 32.4 Å². The third kappa shape index (κ3) is 5.48. The SMILES string of the molecule is COc1ccc(NC(=O)CC(C)NCCCn2cnc3ccccc32)c(OC)c1. The van der Waals surface area contributed by atoms with Gasteiger partial charge in [-0.1, -0.05) is 12.1 Å². The van der Waals surface area contributed by atoms with Crippen molar-refractivity contribution in [2.75, 3.05) is 26.1 Å². The molecule has 1 unspecified atom stereocenters. The lowest BCUT2D eigenvalue weighted by atomic mass is 10.2. The van der Waals surface area contributed by atoms with Crippen molar-refractivity contribution in [3.63, 3.8) is 0 Å². The van der Waals surface area contributed by atoms with Crippen LogP contribution in [0.3, 0.4) is 0 Å². The zero-order chi connectivity index (χ0) is 20.6. The Morgan fingerprint density at radius 2 is 2.00 bits per heavy atom. The average molecular weight is 396 g/mol. The van der Waals surface area contributed by atoms with Gasteiger partial charge in [0.05, 0.1) is 37.3 Å². The molecule has 7 heteroatoms. The number of benzene rings is 2. The van der Waals surface area contributed by atoms with Gasteiger partial charge in [0, 0.05) is 25.1 Å². The number of fused-ring (bicyclic) bond motifs is 1. The Kier molecular flexibility index (Phi) is 7.08. The van der Waals surface area contributed by atoms with Crippen LogP contribution in [0.15, 0.2) is 48.8 Å². The van der Waals surface area contributed by atoms with Crippen LogP contribution in [0.2, 0.25) is 0 Å². The van der Waals surface area contributed by atoms with E-state index in [1.165, 1.54) is 0 Å². The molecule has 1 heterocycles. The fourth-order valence-corrected chi connectivity index (χ4v) is 3.24. The summed E-state index contributed by atoms with van der Waals surface area (Å²) in [5.74, 6) is 1.19. The molecule has 2 N–H and O–H groups in total. The van der Waals surface area contributed by atoms with Crippen molar-refractivity contribution in [2.24, 2.45) is 0 Å². The third-order valence-electron chi connectivity index (χ3n) is 4.77. The molecule has 0 saturated heterocycles. The zero-order valence-electron chi connectivity index (χ0n) is 17.1. The number of imidazole rings is 1. The number of aromatic nitrogens is 2. The number of nitrogens with one attached hydrogen (secondary N) is 2. The Balaban J connectivity index is 1.42. The van der Waals surface area contributed by atoms with Crippen LogP contribution in [-0.2, 0) is 11.3 Å². The fourth-order valence-electron chi connectivity index (χ4n) is 3.24.